The number of methoxy groups -OCH3 is 1. The Labute approximate surface area is 113 Å². The van der Waals surface area contributed by atoms with E-state index in [-0.39, 0.29) is 12.5 Å². The minimum atomic E-state index is 0.0784. The van der Waals surface area contributed by atoms with Crippen LogP contribution in [0.3, 0.4) is 0 Å². The normalized spacial score (nSPS) is 16.6. The molecule has 0 atom stereocenters. The molecule has 5 nitrogen and oxygen atoms in total. The van der Waals surface area contributed by atoms with Crippen LogP contribution in [0.1, 0.15) is 5.56 Å². The van der Waals surface area contributed by atoms with Crippen molar-refractivity contribution in [3.8, 4) is 0 Å². The van der Waals surface area contributed by atoms with E-state index in [4.69, 9.17) is 10.5 Å². The number of anilines is 1. The highest BCUT2D eigenvalue weighted by atomic mass is 16.5. The van der Waals surface area contributed by atoms with Crippen LogP contribution >= 0.6 is 0 Å². The number of hydrogen-bond acceptors (Lipinski definition) is 4. The van der Waals surface area contributed by atoms with Gasteiger partial charge in [0.25, 0.3) is 0 Å². The molecule has 0 aliphatic carbocycles. The van der Waals surface area contributed by atoms with Crippen LogP contribution in [0.5, 0.6) is 0 Å². The number of amides is 1. The summed E-state index contributed by atoms with van der Waals surface area (Å²) in [5.74, 6) is 0.0784. The molecule has 1 fully saturated rings. The van der Waals surface area contributed by atoms with Gasteiger partial charge >= 0.3 is 0 Å². The number of carbonyl (C=O) groups is 1. The van der Waals surface area contributed by atoms with Crippen molar-refractivity contribution in [1.29, 1.82) is 0 Å². The molecule has 1 aliphatic rings. The molecule has 0 unspecified atom stereocenters. The highest BCUT2D eigenvalue weighted by Crippen LogP contribution is 2.11. The molecule has 0 spiro atoms. The zero-order valence-electron chi connectivity index (χ0n) is 11.3. The van der Waals surface area contributed by atoms with Gasteiger partial charge in [-0.1, -0.05) is 12.1 Å². The van der Waals surface area contributed by atoms with Crippen molar-refractivity contribution < 1.29 is 9.53 Å². The van der Waals surface area contributed by atoms with Gasteiger partial charge < -0.3 is 15.4 Å². The Balaban J connectivity index is 1.80. The standard InChI is InChI=1S/C14H21N3O2/c1-19-11-14(18)17-8-6-16(7-9-17)10-12-2-4-13(15)5-3-12/h2-5H,6-11,15H2,1H3. The minimum Gasteiger partial charge on any atom is -0.399 e. The van der Waals surface area contributed by atoms with E-state index >= 15 is 0 Å². The molecule has 2 rings (SSSR count). The fourth-order valence-corrected chi connectivity index (χ4v) is 2.25. The summed E-state index contributed by atoms with van der Waals surface area (Å²) in [5.41, 5.74) is 7.72. The Morgan fingerprint density at radius 1 is 1.21 bits per heavy atom. The molecule has 1 amide bonds. The molecule has 2 N–H and O–H groups in total. The van der Waals surface area contributed by atoms with E-state index in [1.165, 1.54) is 5.56 Å². The van der Waals surface area contributed by atoms with E-state index in [0.29, 0.717) is 0 Å². The molecule has 1 aromatic carbocycles. The van der Waals surface area contributed by atoms with Crippen LogP contribution < -0.4 is 5.73 Å². The van der Waals surface area contributed by atoms with Gasteiger partial charge in [0.15, 0.2) is 0 Å². The zero-order chi connectivity index (χ0) is 13.7. The third kappa shape index (κ3) is 3.94. The van der Waals surface area contributed by atoms with Gasteiger partial charge in [-0.2, -0.15) is 0 Å². The Morgan fingerprint density at radius 3 is 2.42 bits per heavy atom. The number of nitrogens with zero attached hydrogens (tertiary/aromatic N) is 2. The van der Waals surface area contributed by atoms with Gasteiger partial charge in [-0.3, -0.25) is 9.69 Å². The van der Waals surface area contributed by atoms with E-state index < -0.39 is 0 Å². The summed E-state index contributed by atoms with van der Waals surface area (Å²) in [7, 11) is 1.55. The fraction of sp³-hybridized carbons (Fsp3) is 0.500. The van der Waals surface area contributed by atoms with Crippen LogP contribution in [-0.2, 0) is 16.1 Å². The SMILES string of the molecule is COCC(=O)N1CCN(Cc2ccc(N)cc2)CC1. The first-order valence-corrected chi connectivity index (χ1v) is 6.52. The topological polar surface area (TPSA) is 58.8 Å². The van der Waals surface area contributed by atoms with Crippen molar-refractivity contribution in [3.63, 3.8) is 0 Å². The number of benzene rings is 1. The molecule has 0 radical (unpaired) electrons. The van der Waals surface area contributed by atoms with Gasteiger partial charge in [-0.05, 0) is 17.7 Å². The Bertz CT molecular complexity index is 411. The molecule has 0 aromatic heterocycles. The molecular weight excluding hydrogens is 242 g/mol. The lowest BCUT2D eigenvalue weighted by Gasteiger charge is -2.34. The third-order valence-corrected chi connectivity index (χ3v) is 3.38. The maximum absolute atomic E-state index is 11.7. The molecular formula is C14H21N3O2. The number of nitrogens with two attached hydrogens (primary N) is 1. The Morgan fingerprint density at radius 2 is 1.84 bits per heavy atom. The molecule has 1 saturated heterocycles. The predicted molar refractivity (Wildman–Crippen MR) is 74.6 cm³/mol. The number of nitrogen functional groups attached to an aromatic ring is 1. The summed E-state index contributed by atoms with van der Waals surface area (Å²) < 4.78 is 4.87. The van der Waals surface area contributed by atoms with Crippen molar-refractivity contribution >= 4 is 11.6 Å². The molecule has 19 heavy (non-hydrogen) atoms. The molecule has 5 heteroatoms. The molecule has 1 aliphatic heterocycles. The lowest BCUT2D eigenvalue weighted by atomic mass is 10.2. The summed E-state index contributed by atoms with van der Waals surface area (Å²) >= 11 is 0. The molecule has 1 heterocycles. The zero-order valence-corrected chi connectivity index (χ0v) is 11.3. The van der Waals surface area contributed by atoms with Gasteiger partial charge in [-0.25, -0.2) is 0 Å². The van der Waals surface area contributed by atoms with Crippen LogP contribution in [0.15, 0.2) is 24.3 Å². The number of carbonyl (C=O) groups excluding carboxylic acids is 1. The summed E-state index contributed by atoms with van der Waals surface area (Å²) in [4.78, 5) is 15.9. The second kappa shape index (κ2) is 6.54. The van der Waals surface area contributed by atoms with Crippen LogP contribution in [0, 0.1) is 0 Å². The summed E-state index contributed by atoms with van der Waals surface area (Å²) in [6.07, 6.45) is 0. The second-order valence-corrected chi connectivity index (χ2v) is 4.83. The van der Waals surface area contributed by atoms with Crippen molar-refractivity contribution in [2.45, 2.75) is 6.54 Å². The van der Waals surface area contributed by atoms with Gasteiger partial charge in [0.05, 0.1) is 0 Å². The molecule has 0 bridgehead atoms. The number of hydrogen-bond donors (Lipinski definition) is 1. The van der Waals surface area contributed by atoms with Crippen molar-refractivity contribution in [1.82, 2.24) is 9.80 Å². The van der Waals surface area contributed by atoms with E-state index in [9.17, 15) is 4.79 Å². The molecule has 1 aromatic rings. The van der Waals surface area contributed by atoms with E-state index in [1.807, 2.05) is 17.0 Å². The fourth-order valence-electron chi connectivity index (χ4n) is 2.25. The maximum Gasteiger partial charge on any atom is 0.248 e. The van der Waals surface area contributed by atoms with Gasteiger partial charge in [0.1, 0.15) is 6.61 Å². The van der Waals surface area contributed by atoms with Crippen molar-refractivity contribution in [3.05, 3.63) is 29.8 Å². The number of rotatable bonds is 4. The summed E-state index contributed by atoms with van der Waals surface area (Å²) in [6, 6.07) is 7.96. The van der Waals surface area contributed by atoms with E-state index in [0.717, 1.165) is 38.4 Å². The number of piperazine rings is 1. The first kappa shape index (κ1) is 13.8. The summed E-state index contributed by atoms with van der Waals surface area (Å²) in [6.45, 7) is 4.44. The molecule has 0 saturated carbocycles. The smallest absolute Gasteiger partial charge is 0.248 e. The largest absolute Gasteiger partial charge is 0.399 e. The quantitative estimate of drug-likeness (QED) is 0.806. The Kier molecular flexibility index (Phi) is 4.76. The number of ether oxygens (including phenoxy) is 1. The van der Waals surface area contributed by atoms with Gasteiger partial charge in [-0.15, -0.1) is 0 Å². The minimum absolute atomic E-state index is 0.0784. The predicted octanol–water partition coefficient (Wildman–Crippen LogP) is 0.559. The lowest BCUT2D eigenvalue weighted by Crippen LogP contribution is -2.49. The third-order valence-electron chi connectivity index (χ3n) is 3.38. The van der Waals surface area contributed by atoms with Gasteiger partial charge in [0.2, 0.25) is 5.91 Å². The first-order chi connectivity index (χ1) is 9.19. The molecule has 104 valence electrons. The monoisotopic (exact) mass is 263 g/mol. The average molecular weight is 263 g/mol. The van der Waals surface area contributed by atoms with Gasteiger partial charge in [0, 0.05) is 45.5 Å². The van der Waals surface area contributed by atoms with Crippen LogP contribution in [0.2, 0.25) is 0 Å². The lowest BCUT2D eigenvalue weighted by molar-refractivity contribution is -0.136. The maximum atomic E-state index is 11.7. The summed E-state index contributed by atoms with van der Waals surface area (Å²) in [5, 5.41) is 0. The van der Waals surface area contributed by atoms with Crippen molar-refractivity contribution in [2.24, 2.45) is 0 Å². The Hall–Kier alpha value is -1.59. The highest BCUT2D eigenvalue weighted by Gasteiger charge is 2.20. The van der Waals surface area contributed by atoms with E-state index in [2.05, 4.69) is 17.0 Å². The van der Waals surface area contributed by atoms with Crippen LogP contribution in [0.25, 0.3) is 0 Å². The van der Waals surface area contributed by atoms with E-state index in [1.54, 1.807) is 7.11 Å². The van der Waals surface area contributed by atoms with Crippen LogP contribution in [0.4, 0.5) is 5.69 Å². The highest BCUT2D eigenvalue weighted by molar-refractivity contribution is 5.77. The second-order valence-electron chi connectivity index (χ2n) is 4.83. The van der Waals surface area contributed by atoms with Crippen LogP contribution in [-0.4, -0.2) is 55.6 Å². The average Bonchev–Trinajstić information content (AvgIpc) is 2.42. The first-order valence-electron chi connectivity index (χ1n) is 6.52. The van der Waals surface area contributed by atoms with Crippen molar-refractivity contribution in [2.75, 3.05) is 45.6 Å².